The van der Waals surface area contributed by atoms with E-state index in [1.165, 1.54) is 19.3 Å². The van der Waals surface area contributed by atoms with Crippen LogP contribution in [0.2, 0.25) is 0 Å². The second kappa shape index (κ2) is 8.01. The van der Waals surface area contributed by atoms with Gasteiger partial charge in [0.05, 0.1) is 6.10 Å². The first kappa shape index (κ1) is 17.3. The molecule has 0 aliphatic rings. The molecule has 2 N–H and O–H groups in total. The monoisotopic (exact) mass is 339 g/mol. The molecule has 132 valence electrons. The number of H-pyrrole nitrogens is 1. The van der Waals surface area contributed by atoms with Gasteiger partial charge in [0.1, 0.15) is 22.5 Å². The average molecular weight is 339 g/mol. The minimum Gasteiger partial charge on any atom is -0.507 e. The zero-order valence-electron chi connectivity index (χ0n) is 14.8. The second-order valence-electron chi connectivity index (χ2n) is 6.32. The smallest absolute Gasteiger partial charge is 0.127 e. The number of nitrogens with one attached hydrogen (secondary N) is 1. The lowest BCUT2D eigenvalue weighted by Gasteiger charge is -2.18. The number of fused-ring (bicyclic) bond motifs is 1. The van der Waals surface area contributed by atoms with Crippen LogP contribution in [0.25, 0.3) is 22.2 Å². The number of hydrogen-bond acceptors (Lipinski definition) is 4. The highest BCUT2D eigenvalue weighted by Gasteiger charge is 2.13. The van der Waals surface area contributed by atoms with E-state index < -0.39 is 0 Å². The molecular weight excluding hydrogens is 314 g/mol. The standard InChI is InChI=1S/C20H25N3O2/c1-3-5-6-8-14(4-2)25-15-11-12-16(19(24)13-15)17-9-7-10-18-20(17)22-23-21-18/h7,9-14,24H,3-6,8H2,1-2H3,(H,21,22,23). The molecule has 1 unspecified atom stereocenters. The van der Waals surface area contributed by atoms with E-state index in [1.807, 2.05) is 30.3 Å². The number of hydrogen-bond donors (Lipinski definition) is 2. The van der Waals surface area contributed by atoms with Gasteiger partial charge in [-0.2, -0.15) is 15.4 Å². The SMILES string of the molecule is CCCCCC(CC)Oc1ccc(-c2cccc3n[nH]nc23)c(O)c1. The molecule has 0 aliphatic carbocycles. The zero-order valence-corrected chi connectivity index (χ0v) is 14.8. The van der Waals surface area contributed by atoms with Gasteiger partial charge in [-0.1, -0.05) is 38.8 Å². The molecule has 1 atom stereocenters. The minimum atomic E-state index is 0.191. The lowest BCUT2D eigenvalue weighted by Crippen LogP contribution is -2.15. The average Bonchev–Trinajstić information content (AvgIpc) is 3.10. The number of benzene rings is 2. The Morgan fingerprint density at radius 1 is 1.08 bits per heavy atom. The van der Waals surface area contributed by atoms with Gasteiger partial charge in [-0.05, 0) is 37.5 Å². The Bertz CT molecular complexity index is 829. The topological polar surface area (TPSA) is 71.0 Å². The van der Waals surface area contributed by atoms with Crippen LogP contribution >= 0.6 is 0 Å². The Morgan fingerprint density at radius 2 is 1.96 bits per heavy atom. The number of aromatic hydroxyl groups is 1. The third kappa shape index (κ3) is 3.92. The van der Waals surface area contributed by atoms with Crippen LogP contribution in [-0.2, 0) is 0 Å². The van der Waals surface area contributed by atoms with E-state index in [9.17, 15) is 5.11 Å². The summed E-state index contributed by atoms with van der Waals surface area (Å²) >= 11 is 0. The molecular formula is C20H25N3O2. The molecule has 1 aromatic heterocycles. The number of phenols is 1. The number of ether oxygens (including phenoxy) is 1. The van der Waals surface area contributed by atoms with Gasteiger partial charge < -0.3 is 9.84 Å². The van der Waals surface area contributed by atoms with Gasteiger partial charge >= 0.3 is 0 Å². The van der Waals surface area contributed by atoms with Crippen molar-refractivity contribution in [1.29, 1.82) is 0 Å². The highest BCUT2D eigenvalue weighted by Crippen LogP contribution is 2.35. The van der Waals surface area contributed by atoms with Crippen LogP contribution in [0.1, 0.15) is 46.0 Å². The van der Waals surface area contributed by atoms with Crippen LogP contribution in [0, 0.1) is 0 Å². The van der Waals surface area contributed by atoms with Crippen LogP contribution in [0.4, 0.5) is 0 Å². The van der Waals surface area contributed by atoms with E-state index in [0.717, 1.165) is 35.0 Å². The summed E-state index contributed by atoms with van der Waals surface area (Å²) in [4.78, 5) is 0. The molecule has 3 aromatic rings. The molecule has 5 nitrogen and oxygen atoms in total. The maximum Gasteiger partial charge on any atom is 0.127 e. The summed E-state index contributed by atoms with van der Waals surface area (Å²) in [5, 5.41) is 21.4. The predicted molar refractivity (Wildman–Crippen MR) is 99.8 cm³/mol. The second-order valence-corrected chi connectivity index (χ2v) is 6.32. The summed E-state index contributed by atoms with van der Waals surface area (Å²) in [6.07, 6.45) is 5.81. The predicted octanol–water partition coefficient (Wildman–Crippen LogP) is 5.07. The highest BCUT2D eigenvalue weighted by atomic mass is 16.5. The van der Waals surface area contributed by atoms with Crippen LogP contribution in [0.5, 0.6) is 11.5 Å². The van der Waals surface area contributed by atoms with Crippen molar-refractivity contribution < 1.29 is 9.84 Å². The van der Waals surface area contributed by atoms with Crippen molar-refractivity contribution in [3.8, 4) is 22.6 Å². The molecule has 5 heteroatoms. The van der Waals surface area contributed by atoms with Crippen molar-refractivity contribution in [2.45, 2.75) is 52.1 Å². The number of nitrogens with zero attached hydrogens (tertiary/aromatic N) is 2. The van der Waals surface area contributed by atoms with Crippen LogP contribution in [0.15, 0.2) is 36.4 Å². The van der Waals surface area contributed by atoms with Gasteiger partial charge in [0, 0.05) is 17.2 Å². The molecule has 0 aliphatic heterocycles. The highest BCUT2D eigenvalue weighted by molar-refractivity contribution is 5.93. The molecule has 0 bridgehead atoms. The fourth-order valence-electron chi connectivity index (χ4n) is 3.06. The normalized spacial score (nSPS) is 12.4. The fourth-order valence-corrected chi connectivity index (χ4v) is 3.06. The first-order chi connectivity index (χ1) is 12.2. The molecule has 1 heterocycles. The molecule has 0 spiro atoms. The van der Waals surface area contributed by atoms with Crippen molar-refractivity contribution in [3.05, 3.63) is 36.4 Å². The summed E-state index contributed by atoms with van der Waals surface area (Å²) in [6, 6.07) is 11.2. The molecule has 25 heavy (non-hydrogen) atoms. The van der Waals surface area contributed by atoms with Crippen molar-refractivity contribution in [2.24, 2.45) is 0 Å². The first-order valence-electron chi connectivity index (χ1n) is 9.02. The van der Waals surface area contributed by atoms with E-state index in [0.29, 0.717) is 5.75 Å². The van der Waals surface area contributed by atoms with E-state index in [-0.39, 0.29) is 11.9 Å². The summed E-state index contributed by atoms with van der Waals surface area (Å²) in [5.41, 5.74) is 3.10. The number of rotatable bonds is 8. The maximum absolute atomic E-state index is 10.5. The Hall–Kier alpha value is -2.56. The van der Waals surface area contributed by atoms with Crippen LogP contribution in [0.3, 0.4) is 0 Å². The van der Waals surface area contributed by atoms with Gasteiger partial charge in [-0.25, -0.2) is 0 Å². The molecule has 0 amide bonds. The van der Waals surface area contributed by atoms with Crippen molar-refractivity contribution in [3.63, 3.8) is 0 Å². The van der Waals surface area contributed by atoms with Gasteiger partial charge in [0.15, 0.2) is 0 Å². The molecule has 3 rings (SSSR count). The number of aromatic nitrogens is 3. The largest absolute Gasteiger partial charge is 0.507 e. The van der Waals surface area contributed by atoms with Crippen molar-refractivity contribution >= 4 is 11.0 Å². The number of unbranched alkanes of at least 4 members (excludes halogenated alkanes) is 2. The van der Waals surface area contributed by atoms with Crippen molar-refractivity contribution in [2.75, 3.05) is 0 Å². The molecule has 0 saturated heterocycles. The summed E-state index contributed by atoms with van der Waals surface area (Å²) in [6.45, 7) is 4.34. The van der Waals surface area contributed by atoms with Gasteiger partial charge in [0.25, 0.3) is 0 Å². The molecule has 0 fully saturated rings. The van der Waals surface area contributed by atoms with Crippen LogP contribution in [-0.4, -0.2) is 26.6 Å². The fraction of sp³-hybridized carbons (Fsp3) is 0.400. The van der Waals surface area contributed by atoms with E-state index in [4.69, 9.17) is 4.74 Å². The first-order valence-corrected chi connectivity index (χ1v) is 9.02. The molecule has 2 aromatic carbocycles. The number of aromatic amines is 1. The van der Waals surface area contributed by atoms with E-state index >= 15 is 0 Å². The lowest BCUT2D eigenvalue weighted by atomic mass is 10.0. The lowest BCUT2D eigenvalue weighted by molar-refractivity contribution is 0.182. The molecule has 0 radical (unpaired) electrons. The third-order valence-corrected chi connectivity index (χ3v) is 4.49. The number of para-hydroxylation sites is 1. The van der Waals surface area contributed by atoms with Crippen LogP contribution < -0.4 is 4.74 Å². The van der Waals surface area contributed by atoms with E-state index in [2.05, 4.69) is 29.3 Å². The third-order valence-electron chi connectivity index (χ3n) is 4.49. The minimum absolute atomic E-state index is 0.191. The quantitative estimate of drug-likeness (QED) is 0.562. The molecule has 0 saturated carbocycles. The summed E-state index contributed by atoms with van der Waals surface area (Å²) in [7, 11) is 0. The summed E-state index contributed by atoms with van der Waals surface area (Å²) < 4.78 is 6.06. The van der Waals surface area contributed by atoms with Gasteiger partial charge in [-0.15, -0.1) is 0 Å². The Balaban J connectivity index is 1.80. The number of phenolic OH excluding ortho intramolecular Hbond substituents is 1. The van der Waals surface area contributed by atoms with E-state index in [1.54, 1.807) is 6.07 Å². The van der Waals surface area contributed by atoms with Gasteiger partial charge in [0.2, 0.25) is 0 Å². The Labute approximate surface area is 148 Å². The summed E-state index contributed by atoms with van der Waals surface area (Å²) in [5.74, 6) is 0.897. The maximum atomic E-state index is 10.5. The zero-order chi connectivity index (χ0) is 17.6. The Morgan fingerprint density at radius 3 is 2.72 bits per heavy atom. The Kier molecular flexibility index (Phi) is 5.53. The van der Waals surface area contributed by atoms with Gasteiger partial charge in [-0.3, -0.25) is 0 Å². The van der Waals surface area contributed by atoms with Crippen molar-refractivity contribution in [1.82, 2.24) is 15.4 Å².